The zero-order valence-corrected chi connectivity index (χ0v) is 50.3. The Morgan fingerprint density at radius 3 is 0.919 bits per heavy atom. The van der Waals surface area contributed by atoms with Crippen LogP contribution in [-0.2, 0) is 96.3 Å². The van der Waals surface area contributed by atoms with Crippen molar-refractivity contribution >= 4 is 25.2 Å². The molecule has 0 aliphatic carbocycles. The number of nitrogens with zero attached hydrogens (tertiary/aromatic N) is 3. The van der Waals surface area contributed by atoms with E-state index in [1.54, 1.807) is 110 Å². The number of phosphoric acid groups is 1. The average molecular weight is 1230 g/mol. The predicted molar refractivity (Wildman–Crippen MR) is 311 cm³/mol. The summed E-state index contributed by atoms with van der Waals surface area (Å²) >= 11 is 0. The molecule has 0 saturated heterocycles. The second kappa shape index (κ2) is 28.8. The van der Waals surface area contributed by atoms with Crippen LogP contribution in [0.5, 0.6) is 0 Å². The molecular formula is C63H78F9N6O7P. The molecule has 3 unspecified atom stereocenters. The first kappa shape index (κ1) is 69.0. The average Bonchev–Trinajstić information content (AvgIpc) is 4.29. The molecule has 0 aliphatic heterocycles. The summed E-state index contributed by atoms with van der Waals surface area (Å²) in [5.41, 5.74) is 19.5. The molecule has 0 saturated carbocycles. The van der Waals surface area contributed by atoms with Crippen LogP contribution in [0.1, 0.15) is 160 Å². The van der Waals surface area contributed by atoms with Gasteiger partial charge in [0.05, 0.1) is 53.6 Å². The first-order chi connectivity index (χ1) is 40.0. The number of rotatable bonds is 33. The molecule has 23 heteroatoms. The molecule has 0 amide bonds. The summed E-state index contributed by atoms with van der Waals surface area (Å²) in [6.07, 6.45) is -9.35. The summed E-state index contributed by atoms with van der Waals surface area (Å²) < 4.78 is 157. The molecule has 13 nitrogen and oxygen atoms in total. The molecule has 3 atom stereocenters. The maximum Gasteiger partial charge on any atom is 0.474 e. The first-order valence-corrected chi connectivity index (χ1v) is 29.9. The number of ketones is 3. The molecule has 470 valence electrons. The molecule has 3 aromatic heterocycles. The Morgan fingerprint density at radius 1 is 0.419 bits per heavy atom. The second-order valence-electron chi connectivity index (χ2n) is 23.5. The quantitative estimate of drug-likeness (QED) is 0.0203. The first-order valence-electron chi connectivity index (χ1n) is 28.5. The van der Waals surface area contributed by atoms with Crippen LogP contribution in [0.2, 0.25) is 0 Å². The summed E-state index contributed by atoms with van der Waals surface area (Å²) in [5.74, 6) is -0.550. The van der Waals surface area contributed by atoms with E-state index in [0.717, 1.165) is 53.5 Å². The van der Waals surface area contributed by atoms with Crippen molar-refractivity contribution in [1.82, 2.24) is 13.7 Å². The number of alkyl halides is 9. The fraction of sp³-hybridized carbons (Fsp3) is 0.476. The highest BCUT2D eigenvalue weighted by molar-refractivity contribution is 7.48. The number of carbonyl (C=O) groups excluding carboxylic acids is 3. The number of benzene rings is 3. The molecule has 0 spiro atoms. The fourth-order valence-electron chi connectivity index (χ4n) is 9.96. The second-order valence-corrected chi connectivity index (χ2v) is 25.1. The largest absolute Gasteiger partial charge is 0.474 e. The van der Waals surface area contributed by atoms with Gasteiger partial charge in [-0.3, -0.25) is 28.0 Å². The van der Waals surface area contributed by atoms with E-state index >= 15 is 0 Å². The molecule has 6 N–H and O–H groups in total. The third-order valence-electron chi connectivity index (χ3n) is 15.4. The van der Waals surface area contributed by atoms with Crippen molar-refractivity contribution in [2.45, 2.75) is 152 Å². The zero-order valence-electron chi connectivity index (χ0n) is 49.4. The molecule has 86 heavy (non-hydrogen) atoms. The molecule has 3 aromatic carbocycles. The van der Waals surface area contributed by atoms with Gasteiger partial charge in [-0.1, -0.05) is 54.6 Å². The number of halogens is 9. The van der Waals surface area contributed by atoms with Crippen molar-refractivity contribution < 1.29 is 72.0 Å². The van der Waals surface area contributed by atoms with Gasteiger partial charge in [0.25, 0.3) is 0 Å². The molecule has 0 radical (unpaired) electrons. The summed E-state index contributed by atoms with van der Waals surface area (Å²) in [5, 5.41) is 0. The Hall–Kier alpha value is -6.13. The van der Waals surface area contributed by atoms with Gasteiger partial charge in [-0.05, 0) is 169 Å². The SMILES string of the molecule is Cn1c(CCC(C)(N)COP(=O)(OCC(C)(N)CCc2ccc(C(=O)CCCc3cccc(C(F)(F)F)c3)n2C)OCC(C)(N)CCc2ccc(C(=O)CCCc3cccc(C(F)(F)F)c3)n2C)ccc1C(=O)CCCc1cccc(C(F)(F)F)c1. The van der Waals surface area contributed by atoms with Gasteiger partial charge in [-0.2, -0.15) is 39.5 Å². The lowest BCUT2D eigenvalue weighted by molar-refractivity contribution is -0.138. The number of aryl methyl sites for hydroxylation is 6. The molecule has 3 heterocycles. The highest BCUT2D eigenvalue weighted by atomic mass is 31.2. The van der Waals surface area contributed by atoms with E-state index in [-0.39, 0.29) is 95.0 Å². The Morgan fingerprint density at radius 2 is 0.674 bits per heavy atom. The summed E-state index contributed by atoms with van der Waals surface area (Å²) in [7, 11) is 0.638. The Balaban J connectivity index is 1.06. The van der Waals surface area contributed by atoms with Gasteiger partial charge in [0.15, 0.2) is 17.3 Å². The van der Waals surface area contributed by atoms with E-state index in [1.807, 2.05) is 0 Å². The Kier molecular flexibility index (Phi) is 23.1. The molecule has 6 rings (SSSR count). The lowest BCUT2D eigenvalue weighted by Gasteiger charge is -2.32. The van der Waals surface area contributed by atoms with Crippen LogP contribution in [0.4, 0.5) is 39.5 Å². The lowest BCUT2D eigenvalue weighted by Crippen LogP contribution is -2.44. The zero-order chi connectivity index (χ0) is 63.5. The highest BCUT2D eigenvalue weighted by Gasteiger charge is 2.37. The van der Waals surface area contributed by atoms with Crippen molar-refractivity contribution in [2.24, 2.45) is 38.3 Å². The minimum atomic E-state index is -4.54. The maximum atomic E-state index is 14.8. The van der Waals surface area contributed by atoms with Crippen molar-refractivity contribution in [3.05, 3.63) is 177 Å². The maximum absolute atomic E-state index is 14.8. The number of Topliss-reactive ketones (excluding diaryl/α,β-unsaturated/α-hetero) is 3. The van der Waals surface area contributed by atoms with Gasteiger partial charge < -0.3 is 30.9 Å². The standard InChI is InChI=1S/C63H78F9N6O7P/c1-58(73,34-31-49-25-28-52(76(49)4)55(79)22-10-16-43-13-7-19-46(37-43)61(64,65)66)40-83-86(82,84-41-59(2,74)35-32-50-26-29-53(77(50)5)56(80)23-11-17-44-14-8-20-47(38-44)62(67,68)69)85-42-60(3,75)36-33-51-27-30-54(78(51)6)57(81)24-12-18-45-15-9-21-48(39-45)63(70,71)72/h7-9,13-15,19-21,25-30,37-39H,10-12,16-18,22-24,31-36,40-42,73-75H2,1-6H3. The monoisotopic (exact) mass is 1230 g/mol. The van der Waals surface area contributed by atoms with Crippen molar-refractivity contribution in [1.29, 1.82) is 0 Å². The van der Waals surface area contributed by atoms with Gasteiger partial charge in [0.2, 0.25) is 0 Å². The molecular weight excluding hydrogens is 1150 g/mol. The smallest absolute Gasteiger partial charge is 0.345 e. The number of hydrogen-bond donors (Lipinski definition) is 3. The summed E-state index contributed by atoms with van der Waals surface area (Å²) in [6.45, 7) is 4.05. The third-order valence-corrected chi connectivity index (χ3v) is 16.8. The van der Waals surface area contributed by atoms with E-state index < -0.39 is 59.7 Å². The number of hydrogen-bond acceptors (Lipinski definition) is 10. The minimum absolute atomic E-state index is 0.108. The number of nitrogens with two attached hydrogens (primary N) is 3. The van der Waals surface area contributed by atoms with E-state index in [1.165, 1.54) is 18.2 Å². The van der Waals surface area contributed by atoms with Crippen LogP contribution in [0.3, 0.4) is 0 Å². The van der Waals surface area contributed by atoms with E-state index in [0.29, 0.717) is 72.3 Å². The van der Waals surface area contributed by atoms with Gasteiger partial charge in [0, 0.05) is 74.1 Å². The molecule has 0 aliphatic rings. The Labute approximate surface area is 496 Å². The minimum Gasteiger partial charge on any atom is -0.345 e. The number of phosphoric ester groups is 1. The van der Waals surface area contributed by atoms with Crippen LogP contribution >= 0.6 is 7.82 Å². The third kappa shape index (κ3) is 20.5. The Bertz CT molecular complexity index is 2980. The van der Waals surface area contributed by atoms with Crippen molar-refractivity contribution in [2.75, 3.05) is 19.8 Å². The lowest BCUT2D eigenvalue weighted by atomic mass is 9.97. The number of aromatic nitrogens is 3. The van der Waals surface area contributed by atoms with Crippen LogP contribution in [0.25, 0.3) is 0 Å². The van der Waals surface area contributed by atoms with Crippen molar-refractivity contribution in [3.63, 3.8) is 0 Å². The number of carbonyl (C=O) groups is 3. The summed E-state index contributed by atoms with van der Waals surface area (Å²) in [6, 6.07) is 25.4. The van der Waals surface area contributed by atoms with Crippen LogP contribution in [-0.4, -0.2) is 67.5 Å². The fourth-order valence-corrected chi connectivity index (χ4v) is 11.5. The topological polar surface area (TPSA) is 189 Å². The van der Waals surface area contributed by atoms with Crippen LogP contribution in [0.15, 0.2) is 109 Å². The van der Waals surface area contributed by atoms with Gasteiger partial charge in [-0.15, -0.1) is 0 Å². The summed E-state index contributed by atoms with van der Waals surface area (Å²) in [4.78, 5) is 39.8. The molecule has 0 bridgehead atoms. The molecule has 0 fully saturated rings. The van der Waals surface area contributed by atoms with Crippen LogP contribution in [0, 0.1) is 0 Å². The van der Waals surface area contributed by atoms with Crippen molar-refractivity contribution in [3.8, 4) is 0 Å². The van der Waals surface area contributed by atoms with E-state index in [4.69, 9.17) is 30.8 Å². The van der Waals surface area contributed by atoms with Crippen LogP contribution < -0.4 is 17.2 Å². The van der Waals surface area contributed by atoms with E-state index in [9.17, 15) is 58.5 Å². The van der Waals surface area contributed by atoms with Gasteiger partial charge >= 0.3 is 26.4 Å². The normalized spacial score (nSPS) is 15.2. The predicted octanol–water partition coefficient (Wildman–Crippen LogP) is 13.9. The van der Waals surface area contributed by atoms with Gasteiger partial charge in [0.1, 0.15) is 0 Å². The van der Waals surface area contributed by atoms with Gasteiger partial charge in [-0.25, -0.2) is 4.57 Å². The van der Waals surface area contributed by atoms with E-state index in [2.05, 4.69) is 0 Å². The molecule has 6 aromatic rings. The highest BCUT2D eigenvalue weighted by Crippen LogP contribution is 2.51.